The number of carbonyl (C=O) groups excluding carboxylic acids is 1. The Balaban J connectivity index is 1.47. The standard InChI is InChI=1S/C31H31F3N8O2/c1-31(2,40(3)4)14-18(15-35)30(43)41-12-6-7-19(41)16-42-29-25(28(36)37-17-38-29)27(39-42)21-11-10-20(13-23(21)33)44-24-9-5-8-22(32)26(24)34/h5,8-11,13-14,17,19H,6-7,12,16H2,1-4H3,(H2,36,37,38)/b18-14+/t19-/m0/s1. The molecule has 44 heavy (non-hydrogen) atoms. The van der Waals surface area contributed by atoms with Crippen LogP contribution in [0.4, 0.5) is 19.0 Å². The predicted octanol–water partition coefficient (Wildman–Crippen LogP) is 5.07. The second kappa shape index (κ2) is 12.0. The number of ether oxygens (including phenoxy) is 1. The van der Waals surface area contributed by atoms with Gasteiger partial charge in [-0.05, 0) is 71.1 Å². The third kappa shape index (κ3) is 5.80. The second-order valence-electron chi connectivity index (χ2n) is 11.3. The summed E-state index contributed by atoms with van der Waals surface area (Å²) < 4.78 is 50.1. The molecule has 1 aliphatic rings. The maximum absolute atomic E-state index is 15.5. The van der Waals surface area contributed by atoms with Crippen LogP contribution in [0.25, 0.3) is 22.3 Å². The van der Waals surface area contributed by atoms with Gasteiger partial charge in [-0.3, -0.25) is 4.79 Å². The first-order valence-corrected chi connectivity index (χ1v) is 13.9. The molecule has 2 aromatic heterocycles. The third-order valence-corrected chi connectivity index (χ3v) is 7.92. The summed E-state index contributed by atoms with van der Waals surface area (Å²) in [5.41, 5.74) is 6.31. The van der Waals surface area contributed by atoms with Gasteiger partial charge in [-0.1, -0.05) is 6.07 Å². The van der Waals surface area contributed by atoms with Crippen molar-refractivity contribution in [2.24, 2.45) is 0 Å². The van der Waals surface area contributed by atoms with E-state index >= 15 is 4.39 Å². The largest absolute Gasteiger partial charge is 0.454 e. The fourth-order valence-electron chi connectivity index (χ4n) is 5.06. The molecule has 3 heterocycles. The Bertz CT molecular complexity index is 1810. The number of fused-ring (bicyclic) bond motifs is 1. The van der Waals surface area contributed by atoms with Crippen LogP contribution < -0.4 is 10.5 Å². The average molecular weight is 605 g/mol. The van der Waals surface area contributed by atoms with Gasteiger partial charge in [0.1, 0.15) is 41.0 Å². The van der Waals surface area contributed by atoms with Gasteiger partial charge in [0, 0.05) is 23.7 Å². The van der Waals surface area contributed by atoms with Crippen LogP contribution in [-0.4, -0.2) is 67.7 Å². The highest BCUT2D eigenvalue weighted by molar-refractivity contribution is 5.99. The van der Waals surface area contributed by atoms with Crippen molar-refractivity contribution >= 4 is 22.8 Å². The summed E-state index contributed by atoms with van der Waals surface area (Å²) >= 11 is 0. The zero-order chi connectivity index (χ0) is 31.8. The van der Waals surface area contributed by atoms with Crippen LogP contribution in [0, 0.1) is 28.8 Å². The van der Waals surface area contributed by atoms with Crippen molar-refractivity contribution in [2.45, 2.75) is 44.8 Å². The number of likely N-dealkylation sites (N-methyl/N-ethyl adjacent to an activating group) is 1. The molecule has 0 aliphatic carbocycles. The molecular weight excluding hydrogens is 573 g/mol. The van der Waals surface area contributed by atoms with Crippen molar-refractivity contribution in [1.82, 2.24) is 29.5 Å². The van der Waals surface area contributed by atoms with Crippen LogP contribution in [0.5, 0.6) is 11.5 Å². The van der Waals surface area contributed by atoms with E-state index in [0.717, 1.165) is 18.6 Å². The topological polar surface area (TPSA) is 126 Å². The van der Waals surface area contributed by atoms with Gasteiger partial charge in [0.2, 0.25) is 5.82 Å². The lowest BCUT2D eigenvalue weighted by atomic mass is 9.99. The van der Waals surface area contributed by atoms with Gasteiger partial charge in [0.15, 0.2) is 17.2 Å². The summed E-state index contributed by atoms with van der Waals surface area (Å²) in [7, 11) is 3.74. The van der Waals surface area contributed by atoms with Gasteiger partial charge in [0.05, 0.1) is 18.0 Å². The molecular formula is C31H31F3N8O2. The quantitative estimate of drug-likeness (QED) is 0.218. The SMILES string of the molecule is CN(C)C(C)(C)/C=C(\C#N)C(=O)N1CCC[C@H]1Cn1nc(-c2ccc(Oc3cccc(F)c3F)cc2F)c2c(N)ncnc21. The molecule has 2 N–H and O–H groups in total. The summed E-state index contributed by atoms with van der Waals surface area (Å²) in [5.74, 6) is -3.76. The van der Waals surface area contributed by atoms with E-state index in [1.54, 1.807) is 15.7 Å². The van der Waals surface area contributed by atoms with Crippen LogP contribution in [-0.2, 0) is 11.3 Å². The molecule has 0 saturated carbocycles. The molecule has 13 heteroatoms. The first-order chi connectivity index (χ1) is 20.9. The van der Waals surface area contributed by atoms with E-state index in [0.29, 0.717) is 24.0 Å². The first-order valence-electron chi connectivity index (χ1n) is 13.9. The Morgan fingerprint density at radius 1 is 1.20 bits per heavy atom. The van der Waals surface area contributed by atoms with E-state index in [1.807, 2.05) is 32.8 Å². The van der Waals surface area contributed by atoms with Gasteiger partial charge >= 0.3 is 0 Å². The highest BCUT2D eigenvalue weighted by Gasteiger charge is 2.33. The number of carbonyl (C=O) groups is 1. The fourth-order valence-corrected chi connectivity index (χ4v) is 5.06. The lowest BCUT2D eigenvalue weighted by molar-refractivity contribution is -0.127. The smallest absolute Gasteiger partial charge is 0.264 e. The van der Waals surface area contributed by atoms with Gasteiger partial charge < -0.3 is 20.3 Å². The van der Waals surface area contributed by atoms with Crippen LogP contribution >= 0.6 is 0 Å². The Morgan fingerprint density at radius 2 is 1.98 bits per heavy atom. The first kappa shape index (κ1) is 30.5. The molecule has 4 aromatic rings. The van der Waals surface area contributed by atoms with Gasteiger partial charge in [-0.25, -0.2) is 23.4 Å². The van der Waals surface area contributed by atoms with Gasteiger partial charge in [0.25, 0.3) is 5.91 Å². The Kier molecular flexibility index (Phi) is 8.29. The van der Waals surface area contributed by atoms with E-state index in [-0.39, 0.29) is 52.6 Å². The number of rotatable bonds is 8. The highest BCUT2D eigenvalue weighted by Crippen LogP contribution is 2.35. The lowest BCUT2D eigenvalue weighted by Gasteiger charge is -2.30. The summed E-state index contributed by atoms with van der Waals surface area (Å²) in [4.78, 5) is 25.5. The maximum atomic E-state index is 15.5. The number of nitrogen functional groups attached to an aromatic ring is 1. The number of likely N-dealkylation sites (tertiary alicyclic amines) is 1. The summed E-state index contributed by atoms with van der Waals surface area (Å²) in [5, 5.41) is 14.8. The number of hydrogen-bond donors (Lipinski definition) is 1. The molecule has 0 radical (unpaired) electrons. The van der Waals surface area contributed by atoms with Crippen molar-refractivity contribution in [2.75, 3.05) is 26.4 Å². The molecule has 228 valence electrons. The molecule has 1 aliphatic heterocycles. The normalized spacial score (nSPS) is 15.7. The molecule has 1 atom stereocenters. The second-order valence-corrected chi connectivity index (χ2v) is 11.3. The van der Waals surface area contributed by atoms with E-state index < -0.39 is 23.0 Å². The lowest BCUT2D eigenvalue weighted by Crippen LogP contribution is -2.41. The molecule has 0 bridgehead atoms. The van der Waals surface area contributed by atoms with E-state index in [1.165, 1.54) is 30.6 Å². The fraction of sp³-hybridized carbons (Fsp3) is 0.323. The molecule has 1 amide bonds. The molecule has 1 fully saturated rings. The van der Waals surface area contributed by atoms with E-state index in [9.17, 15) is 18.8 Å². The Labute approximate surface area is 252 Å². The number of aromatic nitrogens is 4. The van der Waals surface area contributed by atoms with Crippen LogP contribution in [0.2, 0.25) is 0 Å². The number of amides is 1. The number of benzene rings is 2. The highest BCUT2D eigenvalue weighted by atomic mass is 19.2. The molecule has 5 rings (SSSR count). The maximum Gasteiger partial charge on any atom is 0.264 e. The minimum Gasteiger partial charge on any atom is -0.454 e. The van der Waals surface area contributed by atoms with Crippen LogP contribution in [0.3, 0.4) is 0 Å². The minimum atomic E-state index is -1.19. The van der Waals surface area contributed by atoms with E-state index in [2.05, 4.69) is 21.1 Å². The number of nitrogens with two attached hydrogens (primary N) is 1. The van der Waals surface area contributed by atoms with Gasteiger partial charge in [-0.15, -0.1) is 0 Å². The molecule has 0 unspecified atom stereocenters. The number of nitriles is 1. The summed E-state index contributed by atoms with van der Waals surface area (Å²) in [6.07, 6.45) is 4.34. The van der Waals surface area contributed by atoms with Gasteiger partial charge in [-0.2, -0.15) is 14.8 Å². The number of nitrogens with zero attached hydrogens (tertiary/aromatic N) is 7. The van der Waals surface area contributed by atoms with Crippen molar-refractivity contribution in [3.63, 3.8) is 0 Å². The average Bonchev–Trinajstić information content (AvgIpc) is 3.59. The summed E-state index contributed by atoms with van der Waals surface area (Å²) in [6, 6.07) is 9.03. The van der Waals surface area contributed by atoms with Crippen molar-refractivity contribution in [1.29, 1.82) is 5.26 Å². The Morgan fingerprint density at radius 3 is 2.68 bits per heavy atom. The van der Waals surface area contributed by atoms with Crippen molar-refractivity contribution in [3.05, 3.63) is 71.8 Å². The van der Waals surface area contributed by atoms with Crippen molar-refractivity contribution in [3.8, 4) is 28.8 Å². The zero-order valence-electron chi connectivity index (χ0n) is 24.7. The minimum absolute atomic E-state index is 0.0516. The predicted molar refractivity (Wildman–Crippen MR) is 158 cm³/mol. The van der Waals surface area contributed by atoms with Crippen LogP contribution in [0.1, 0.15) is 26.7 Å². The number of anilines is 1. The third-order valence-electron chi connectivity index (χ3n) is 7.92. The zero-order valence-corrected chi connectivity index (χ0v) is 24.7. The van der Waals surface area contributed by atoms with E-state index in [4.69, 9.17) is 10.5 Å². The molecule has 1 saturated heterocycles. The summed E-state index contributed by atoms with van der Waals surface area (Å²) in [6.45, 7) is 4.52. The number of halogens is 3. The monoisotopic (exact) mass is 604 g/mol. The molecule has 2 aromatic carbocycles. The van der Waals surface area contributed by atoms with Crippen molar-refractivity contribution < 1.29 is 22.7 Å². The number of hydrogen-bond acceptors (Lipinski definition) is 8. The Hall–Kier alpha value is -4.96. The van der Waals surface area contributed by atoms with Crippen LogP contribution in [0.15, 0.2) is 54.4 Å². The molecule has 10 nitrogen and oxygen atoms in total. The molecule has 0 spiro atoms.